The summed E-state index contributed by atoms with van der Waals surface area (Å²) >= 11 is 0. The summed E-state index contributed by atoms with van der Waals surface area (Å²) in [5, 5.41) is 16.3. The van der Waals surface area contributed by atoms with Crippen LogP contribution < -0.4 is 5.32 Å². The number of aryl methyl sites for hydroxylation is 1. The van der Waals surface area contributed by atoms with Crippen molar-refractivity contribution >= 4 is 5.91 Å². The number of aliphatic hydroxyl groups excluding tert-OH is 1. The first-order chi connectivity index (χ1) is 10.9. The number of nitrogens with zero attached hydrogens (tertiary/aromatic N) is 2. The van der Waals surface area contributed by atoms with Crippen LogP contribution in [0.1, 0.15) is 54.7 Å². The Morgan fingerprint density at radius 3 is 2.48 bits per heavy atom. The van der Waals surface area contributed by atoms with Crippen LogP contribution in [-0.4, -0.2) is 33.4 Å². The first-order valence-corrected chi connectivity index (χ1v) is 8.00. The molecule has 1 amide bonds. The van der Waals surface area contributed by atoms with Crippen molar-refractivity contribution in [3.63, 3.8) is 0 Å². The summed E-state index contributed by atoms with van der Waals surface area (Å²) in [5.74, 6) is 0.0145. The first kappa shape index (κ1) is 17.2. The van der Waals surface area contributed by atoms with Crippen molar-refractivity contribution in [2.75, 3.05) is 6.61 Å². The van der Waals surface area contributed by atoms with Crippen molar-refractivity contribution in [2.45, 2.75) is 46.1 Å². The first-order valence-electron chi connectivity index (χ1n) is 8.00. The summed E-state index contributed by atoms with van der Waals surface area (Å²) in [7, 11) is 0. The Labute approximate surface area is 137 Å². The van der Waals surface area contributed by atoms with Crippen LogP contribution in [0.25, 0.3) is 5.69 Å². The van der Waals surface area contributed by atoms with Crippen molar-refractivity contribution in [1.29, 1.82) is 0 Å². The van der Waals surface area contributed by atoms with Gasteiger partial charge in [-0.2, -0.15) is 5.10 Å². The topological polar surface area (TPSA) is 67.2 Å². The van der Waals surface area contributed by atoms with Gasteiger partial charge in [-0.25, -0.2) is 4.68 Å². The predicted octanol–water partition coefficient (Wildman–Crippen LogP) is 2.80. The highest BCUT2D eigenvalue weighted by Gasteiger charge is 2.21. The van der Waals surface area contributed by atoms with E-state index in [2.05, 4.69) is 24.3 Å². The van der Waals surface area contributed by atoms with Crippen LogP contribution in [0.15, 0.2) is 30.5 Å². The number of carbonyl (C=O) groups excluding carboxylic acids is 1. The third-order valence-electron chi connectivity index (χ3n) is 3.82. The number of benzene rings is 1. The second-order valence-corrected chi connectivity index (χ2v) is 6.23. The minimum absolute atomic E-state index is 0.0567. The summed E-state index contributed by atoms with van der Waals surface area (Å²) in [5.41, 5.74) is 3.61. The summed E-state index contributed by atoms with van der Waals surface area (Å²) < 4.78 is 1.83. The van der Waals surface area contributed by atoms with E-state index >= 15 is 0 Å². The normalized spacial score (nSPS) is 12.4. The fourth-order valence-corrected chi connectivity index (χ4v) is 2.55. The highest BCUT2D eigenvalue weighted by atomic mass is 16.3. The standard InChI is InChI=1S/C18H25N3O2/c1-12(2)17-16(18(23)20-14(4)9-10-22)11-19-21(17)15-7-5-13(3)6-8-15/h5-8,11-12,14,22H,9-10H2,1-4H3,(H,20,23). The number of rotatable bonds is 6. The molecule has 1 unspecified atom stereocenters. The zero-order valence-corrected chi connectivity index (χ0v) is 14.2. The molecule has 0 aliphatic carbocycles. The highest BCUT2D eigenvalue weighted by molar-refractivity contribution is 5.95. The molecule has 2 rings (SSSR count). The zero-order valence-electron chi connectivity index (χ0n) is 14.2. The maximum Gasteiger partial charge on any atom is 0.254 e. The Kier molecular flexibility index (Phi) is 5.55. The Balaban J connectivity index is 2.35. The molecule has 1 aromatic carbocycles. The Morgan fingerprint density at radius 1 is 1.26 bits per heavy atom. The maximum absolute atomic E-state index is 12.5. The van der Waals surface area contributed by atoms with E-state index in [1.54, 1.807) is 6.20 Å². The molecule has 0 fully saturated rings. The van der Waals surface area contributed by atoms with Crippen LogP contribution in [0.5, 0.6) is 0 Å². The van der Waals surface area contributed by atoms with E-state index in [0.717, 1.165) is 11.4 Å². The lowest BCUT2D eigenvalue weighted by Gasteiger charge is -2.15. The largest absolute Gasteiger partial charge is 0.396 e. The molecule has 2 aromatic rings. The van der Waals surface area contributed by atoms with Gasteiger partial charge in [0, 0.05) is 12.6 Å². The monoisotopic (exact) mass is 315 g/mol. The minimum Gasteiger partial charge on any atom is -0.396 e. The van der Waals surface area contributed by atoms with Gasteiger partial charge in [0.1, 0.15) is 0 Å². The van der Waals surface area contributed by atoms with E-state index in [1.165, 1.54) is 5.56 Å². The maximum atomic E-state index is 12.5. The molecule has 1 heterocycles. The number of aliphatic hydroxyl groups is 1. The van der Waals surface area contributed by atoms with Gasteiger partial charge < -0.3 is 10.4 Å². The summed E-state index contributed by atoms with van der Waals surface area (Å²) in [4.78, 5) is 12.5. The van der Waals surface area contributed by atoms with Gasteiger partial charge in [0.05, 0.1) is 23.1 Å². The second-order valence-electron chi connectivity index (χ2n) is 6.23. The lowest BCUT2D eigenvalue weighted by Crippen LogP contribution is -2.33. The molecule has 2 N–H and O–H groups in total. The van der Waals surface area contributed by atoms with Crippen LogP contribution in [0.4, 0.5) is 0 Å². The Hall–Kier alpha value is -2.14. The fraction of sp³-hybridized carbons (Fsp3) is 0.444. The fourth-order valence-electron chi connectivity index (χ4n) is 2.55. The van der Waals surface area contributed by atoms with Gasteiger partial charge in [0.15, 0.2) is 0 Å². The summed E-state index contributed by atoms with van der Waals surface area (Å²) in [6.07, 6.45) is 2.16. The number of nitrogens with one attached hydrogen (secondary N) is 1. The van der Waals surface area contributed by atoms with Crippen LogP contribution in [0, 0.1) is 6.92 Å². The summed E-state index contributed by atoms with van der Waals surface area (Å²) in [6.45, 7) is 8.08. The molecule has 0 saturated heterocycles. The molecule has 23 heavy (non-hydrogen) atoms. The van der Waals surface area contributed by atoms with Crippen molar-refractivity contribution in [1.82, 2.24) is 15.1 Å². The van der Waals surface area contributed by atoms with E-state index in [4.69, 9.17) is 5.11 Å². The smallest absolute Gasteiger partial charge is 0.254 e. The highest BCUT2D eigenvalue weighted by Crippen LogP contribution is 2.23. The molecule has 0 aliphatic heterocycles. The van der Waals surface area contributed by atoms with E-state index in [9.17, 15) is 4.79 Å². The minimum atomic E-state index is -0.145. The molecule has 0 saturated carbocycles. The third-order valence-corrected chi connectivity index (χ3v) is 3.82. The Morgan fingerprint density at radius 2 is 1.91 bits per heavy atom. The van der Waals surface area contributed by atoms with E-state index in [1.807, 2.05) is 42.8 Å². The number of hydrogen-bond donors (Lipinski definition) is 2. The van der Waals surface area contributed by atoms with E-state index < -0.39 is 0 Å². The van der Waals surface area contributed by atoms with Crippen LogP contribution in [-0.2, 0) is 0 Å². The Bertz CT molecular complexity index is 659. The number of amides is 1. The third kappa shape index (κ3) is 3.99. The zero-order chi connectivity index (χ0) is 17.0. The quantitative estimate of drug-likeness (QED) is 0.861. The van der Waals surface area contributed by atoms with Gasteiger partial charge in [-0.15, -0.1) is 0 Å². The molecule has 0 radical (unpaired) electrons. The van der Waals surface area contributed by atoms with Gasteiger partial charge in [-0.1, -0.05) is 31.5 Å². The molecule has 1 aromatic heterocycles. The van der Waals surface area contributed by atoms with Crippen molar-refractivity contribution in [2.24, 2.45) is 0 Å². The van der Waals surface area contributed by atoms with Crippen molar-refractivity contribution in [3.05, 3.63) is 47.3 Å². The number of aromatic nitrogens is 2. The van der Waals surface area contributed by atoms with E-state index in [-0.39, 0.29) is 24.5 Å². The number of hydrogen-bond acceptors (Lipinski definition) is 3. The van der Waals surface area contributed by atoms with Crippen molar-refractivity contribution in [3.8, 4) is 5.69 Å². The van der Waals surface area contributed by atoms with Crippen molar-refractivity contribution < 1.29 is 9.90 Å². The molecule has 124 valence electrons. The lowest BCUT2D eigenvalue weighted by atomic mass is 10.0. The van der Waals surface area contributed by atoms with Crippen LogP contribution in [0.3, 0.4) is 0 Å². The van der Waals surface area contributed by atoms with Gasteiger partial charge in [0.25, 0.3) is 5.91 Å². The molecule has 5 nitrogen and oxygen atoms in total. The molecular formula is C18H25N3O2. The van der Waals surface area contributed by atoms with Gasteiger partial charge in [-0.3, -0.25) is 4.79 Å². The summed E-state index contributed by atoms with van der Waals surface area (Å²) in [6, 6.07) is 8.00. The molecule has 0 aliphatic rings. The van der Waals surface area contributed by atoms with E-state index in [0.29, 0.717) is 12.0 Å². The van der Waals surface area contributed by atoms with Crippen LogP contribution >= 0.6 is 0 Å². The van der Waals surface area contributed by atoms with Crippen LogP contribution in [0.2, 0.25) is 0 Å². The lowest BCUT2D eigenvalue weighted by molar-refractivity contribution is 0.0933. The molecule has 5 heteroatoms. The molecular weight excluding hydrogens is 290 g/mol. The average molecular weight is 315 g/mol. The van der Waals surface area contributed by atoms with Gasteiger partial charge in [-0.05, 0) is 38.3 Å². The second kappa shape index (κ2) is 7.42. The van der Waals surface area contributed by atoms with Gasteiger partial charge in [0.2, 0.25) is 0 Å². The SMILES string of the molecule is Cc1ccc(-n2ncc(C(=O)NC(C)CCO)c2C(C)C)cc1. The molecule has 0 bridgehead atoms. The van der Waals surface area contributed by atoms with Gasteiger partial charge >= 0.3 is 0 Å². The molecule has 0 spiro atoms. The average Bonchev–Trinajstić information content (AvgIpc) is 2.93. The number of carbonyl (C=O) groups is 1. The predicted molar refractivity (Wildman–Crippen MR) is 91.0 cm³/mol. The molecule has 1 atom stereocenters.